The van der Waals surface area contributed by atoms with Crippen LogP contribution in [0.5, 0.6) is 0 Å². The molecule has 4 nitrogen and oxygen atoms in total. The van der Waals surface area contributed by atoms with Gasteiger partial charge in [-0.1, -0.05) is 13.8 Å². The van der Waals surface area contributed by atoms with Gasteiger partial charge in [0, 0.05) is 5.92 Å². The van der Waals surface area contributed by atoms with Gasteiger partial charge in [0.2, 0.25) is 5.67 Å². The van der Waals surface area contributed by atoms with Crippen molar-refractivity contribution < 1.29 is 18.7 Å². The molecule has 17 heavy (non-hydrogen) atoms. The summed E-state index contributed by atoms with van der Waals surface area (Å²) in [5, 5.41) is 0. The molecule has 0 aromatic rings. The van der Waals surface area contributed by atoms with Crippen molar-refractivity contribution in [1.29, 1.82) is 0 Å². The van der Waals surface area contributed by atoms with E-state index in [9.17, 15) is 14.0 Å². The summed E-state index contributed by atoms with van der Waals surface area (Å²) in [6.45, 7) is 8.14. The van der Waals surface area contributed by atoms with Gasteiger partial charge in [0.05, 0.1) is 13.1 Å². The second-order valence-electron chi connectivity index (χ2n) is 5.82. The quantitative estimate of drug-likeness (QED) is 0.749. The third kappa shape index (κ3) is 3.17. The van der Waals surface area contributed by atoms with Crippen molar-refractivity contribution in [1.82, 2.24) is 4.90 Å². The molecule has 1 aliphatic heterocycles. The molecule has 0 unspecified atom stereocenters. The molecule has 0 aromatic carbocycles. The van der Waals surface area contributed by atoms with E-state index >= 15 is 0 Å². The predicted molar refractivity (Wildman–Crippen MR) is 61.5 cm³/mol. The van der Waals surface area contributed by atoms with Crippen molar-refractivity contribution in [3.8, 4) is 0 Å². The monoisotopic (exact) mass is 245 g/mol. The Hall–Kier alpha value is -1.13. The first-order chi connectivity index (χ1) is 7.55. The molecule has 0 atom stereocenters. The lowest BCUT2D eigenvalue weighted by molar-refractivity contribution is -0.144. The third-order valence-electron chi connectivity index (χ3n) is 2.50. The topological polar surface area (TPSA) is 46.6 Å². The highest BCUT2D eigenvalue weighted by Crippen LogP contribution is 2.30. The Morgan fingerprint density at radius 1 is 1.29 bits per heavy atom. The first-order valence-corrected chi connectivity index (χ1v) is 5.76. The zero-order valence-corrected chi connectivity index (χ0v) is 11.0. The van der Waals surface area contributed by atoms with Crippen LogP contribution in [0, 0.1) is 5.92 Å². The number of ketones is 1. The fraction of sp³-hybridized carbons (Fsp3) is 0.833. The van der Waals surface area contributed by atoms with Gasteiger partial charge in [-0.05, 0) is 20.8 Å². The molecule has 1 rings (SSSR count). The van der Waals surface area contributed by atoms with Gasteiger partial charge in [0.25, 0.3) is 0 Å². The Balaban J connectivity index is 2.51. The lowest BCUT2D eigenvalue weighted by Gasteiger charge is -2.43. The predicted octanol–water partition coefficient (Wildman–Crippen LogP) is 2.17. The van der Waals surface area contributed by atoms with E-state index in [0.717, 1.165) is 0 Å². The zero-order chi connectivity index (χ0) is 13.4. The van der Waals surface area contributed by atoms with E-state index in [-0.39, 0.29) is 19.0 Å². The lowest BCUT2D eigenvalue weighted by atomic mass is 9.86. The molecule has 0 spiro atoms. The lowest BCUT2D eigenvalue weighted by Crippen LogP contribution is -2.66. The summed E-state index contributed by atoms with van der Waals surface area (Å²) in [5.74, 6) is -0.807. The third-order valence-corrected chi connectivity index (χ3v) is 2.50. The normalized spacial score (nSPS) is 18.9. The molecule has 1 saturated heterocycles. The maximum Gasteiger partial charge on any atom is 0.410 e. The average Bonchev–Trinajstić information content (AvgIpc) is 2.08. The summed E-state index contributed by atoms with van der Waals surface area (Å²) >= 11 is 0. The fourth-order valence-electron chi connectivity index (χ4n) is 1.69. The summed E-state index contributed by atoms with van der Waals surface area (Å²) in [6, 6.07) is 0. The van der Waals surface area contributed by atoms with Crippen LogP contribution in [-0.4, -0.2) is 41.1 Å². The summed E-state index contributed by atoms with van der Waals surface area (Å²) in [6.07, 6.45) is -0.567. The average molecular weight is 245 g/mol. The maximum atomic E-state index is 14.0. The van der Waals surface area contributed by atoms with E-state index in [1.807, 2.05) is 0 Å². The van der Waals surface area contributed by atoms with Gasteiger partial charge in [-0.3, -0.25) is 4.79 Å². The van der Waals surface area contributed by atoms with Crippen LogP contribution >= 0.6 is 0 Å². The Kier molecular flexibility index (Phi) is 3.50. The molecule has 98 valence electrons. The Labute approximate surface area is 101 Å². The van der Waals surface area contributed by atoms with Crippen molar-refractivity contribution in [3.63, 3.8) is 0 Å². The van der Waals surface area contributed by atoms with Crippen LogP contribution < -0.4 is 0 Å². The van der Waals surface area contributed by atoms with Crippen LogP contribution in [0.15, 0.2) is 0 Å². The van der Waals surface area contributed by atoms with Gasteiger partial charge in [-0.2, -0.15) is 0 Å². The van der Waals surface area contributed by atoms with Crippen LogP contribution in [-0.2, 0) is 9.53 Å². The number of carbonyl (C=O) groups excluding carboxylic acids is 2. The zero-order valence-electron chi connectivity index (χ0n) is 11.0. The van der Waals surface area contributed by atoms with Crippen LogP contribution in [0.25, 0.3) is 0 Å². The fourth-order valence-corrected chi connectivity index (χ4v) is 1.69. The highest BCUT2D eigenvalue weighted by Gasteiger charge is 2.53. The number of hydrogen-bond donors (Lipinski definition) is 0. The highest BCUT2D eigenvalue weighted by atomic mass is 19.1. The van der Waals surface area contributed by atoms with E-state index in [2.05, 4.69) is 0 Å². The molecule has 0 aromatic heterocycles. The first kappa shape index (κ1) is 13.9. The van der Waals surface area contributed by atoms with E-state index < -0.39 is 23.1 Å². The summed E-state index contributed by atoms with van der Waals surface area (Å²) < 4.78 is 19.1. The van der Waals surface area contributed by atoms with Crippen LogP contribution in [0.1, 0.15) is 34.6 Å². The van der Waals surface area contributed by atoms with Crippen LogP contribution in [0.2, 0.25) is 0 Å². The van der Waals surface area contributed by atoms with Crippen molar-refractivity contribution in [2.24, 2.45) is 5.92 Å². The Morgan fingerprint density at radius 3 is 2.12 bits per heavy atom. The summed E-state index contributed by atoms with van der Waals surface area (Å²) in [5.41, 5.74) is -2.49. The standard InChI is InChI=1S/C12H20FNO3/c1-8(2)9(15)12(13)6-14(7-12)10(16)17-11(3,4)5/h8H,6-7H2,1-5H3. The number of hydrogen-bond acceptors (Lipinski definition) is 3. The van der Waals surface area contributed by atoms with Gasteiger partial charge in [-0.15, -0.1) is 0 Å². The Bertz CT molecular complexity index is 327. The SMILES string of the molecule is CC(C)C(=O)C1(F)CN(C(=O)OC(C)(C)C)C1. The summed E-state index contributed by atoms with van der Waals surface area (Å²) in [7, 11) is 0. The van der Waals surface area contributed by atoms with Gasteiger partial charge >= 0.3 is 6.09 Å². The van der Waals surface area contributed by atoms with Crippen molar-refractivity contribution in [2.45, 2.75) is 45.9 Å². The molecule has 0 N–H and O–H groups in total. The number of halogens is 1. The van der Waals surface area contributed by atoms with Crippen molar-refractivity contribution in [2.75, 3.05) is 13.1 Å². The van der Waals surface area contributed by atoms with E-state index in [1.165, 1.54) is 4.90 Å². The minimum absolute atomic E-state index is 0.196. The summed E-state index contributed by atoms with van der Waals surface area (Å²) in [4.78, 5) is 24.3. The maximum absolute atomic E-state index is 14.0. The number of Topliss-reactive ketones (excluding diaryl/α,β-unsaturated/α-hetero) is 1. The second-order valence-corrected chi connectivity index (χ2v) is 5.82. The molecule has 0 aliphatic carbocycles. The number of rotatable bonds is 2. The number of carbonyl (C=O) groups is 2. The molecule has 1 heterocycles. The minimum Gasteiger partial charge on any atom is -0.444 e. The molecular weight excluding hydrogens is 225 g/mol. The van der Waals surface area contributed by atoms with Gasteiger partial charge < -0.3 is 9.64 Å². The van der Waals surface area contributed by atoms with Crippen LogP contribution in [0.4, 0.5) is 9.18 Å². The Morgan fingerprint density at radius 2 is 1.76 bits per heavy atom. The number of amides is 1. The highest BCUT2D eigenvalue weighted by molar-refractivity contribution is 5.92. The van der Waals surface area contributed by atoms with Gasteiger partial charge in [0.1, 0.15) is 5.60 Å². The number of likely N-dealkylation sites (tertiary alicyclic amines) is 1. The van der Waals surface area contributed by atoms with Crippen LogP contribution in [0.3, 0.4) is 0 Å². The van der Waals surface area contributed by atoms with E-state index in [0.29, 0.717) is 0 Å². The number of nitrogens with zero attached hydrogens (tertiary/aromatic N) is 1. The van der Waals surface area contributed by atoms with E-state index in [1.54, 1.807) is 34.6 Å². The number of alkyl halides is 1. The molecular formula is C12H20FNO3. The van der Waals surface area contributed by atoms with Crippen molar-refractivity contribution >= 4 is 11.9 Å². The van der Waals surface area contributed by atoms with Gasteiger partial charge in [-0.25, -0.2) is 9.18 Å². The smallest absolute Gasteiger partial charge is 0.410 e. The molecule has 1 aliphatic rings. The largest absolute Gasteiger partial charge is 0.444 e. The van der Waals surface area contributed by atoms with Crippen molar-refractivity contribution in [3.05, 3.63) is 0 Å². The molecule has 0 saturated carbocycles. The minimum atomic E-state index is -1.88. The molecule has 5 heteroatoms. The van der Waals surface area contributed by atoms with Gasteiger partial charge in [0.15, 0.2) is 5.78 Å². The molecule has 0 bridgehead atoms. The van der Waals surface area contributed by atoms with E-state index in [4.69, 9.17) is 4.74 Å². The second kappa shape index (κ2) is 4.27. The molecule has 1 fully saturated rings. The molecule has 0 radical (unpaired) electrons. The number of ether oxygens (including phenoxy) is 1. The molecule has 1 amide bonds. The first-order valence-electron chi connectivity index (χ1n) is 5.76.